The van der Waals surface area contributed by atoms with Gasteiger partial charge in [0.15, 0.2) is 5.82 Å². The van der Waals surface area contributed by atoms with Gasteiger partial charge in [-0.3, -0.25) is 4.79 Å². The SMILES string of the molecule is COc1ccc(-c2nc(C(=O)Nc3ccc(Cl)cc3)nn2-c2ccccc2)cc1. The maximum absolute atomic E-state index is 12.7. The number of nitrogens with one attached hydrogen (secondary N) is 1. The lowest BCUT2D eigenvalue weighted by Gasteiger charge is -2.06. The molecule has 0 aliphatic rings. The molecule has 1 heterocycles. The molecule has 4 aromatic rings. The van der Waals surface area contributed by atoms with E-state index in [-0.39, 0.29) is 5.82 Å². The molecule has 0 saturated heterocycles. The van der Waals surface area contributed by atoms with Crippen molar-refractivity contribution in [2.45, 2.75) is 0 Å². The number of para-hydroxylation sites is 1. The molecule has 0 spiro atoms. The molecule has 3 aromatic carbocycles. The number of benzene rings is 3. The van der Waals surface area contributed by atoms with Crippen LogP contribution >= 0.6 is 11.6 Å². The molecule has 0 saturated carbocycles. The Morgan fingerprint density at radius 2 is 1.66 bits per heavy atom. The minimum atomic E-state index is -0.406. The largest absolute Gasteiger partial charge is 0.497 e. The maximum atomic E-state index is 12.7. The maximum Gasteiger partial charge on any atom is 0.295 e. The van der Waals surface area contributed by atoms with Gasteiger partial charge in [0.2, 0.25) is 5.82 Å². The fourth-order valence-corrected chi connectivity index (χ4v) is 2.93. The number of hydrogen-bond donors (Lipinski definition) is 1. The van der Waals surface area contributed by atoms with Gasteiger partial charge in [0.05, 0.1) is 12.8 Å². The molecular formula is C22H17ClN4O2. The van der Waals surface area contributed by atoms with Crippen LogP contribution in [0.15, 0.2) is 78.9 Å². The predicted octanol–water partition coefficient (Wildman–Crippen LogP) is 4.85. The number of halogens is 1. The van der Waals surface area contributed by atoms with Crippen LogP contribution in [0.2, 0.25) is 5.02 Å². The number of ether oxygens (including phenoxy) is 1. The molecule has 0 atom stereocenters. The third-order valence-electron chi connectivity index (χ3n) is 4.26. The van der Waals surface area contributed by atoms with Crippen molar-refractivity contribution in [3.8, 4) is 22.8 Å². The summed E-state index contributed by atoms with van der Waals surface area (Å²) < 4.78 is 6.87. The zero-order valence-electron chi connectivity index (χ0n) is 15.5. The van der Waals surface area contributed by atoms with E-state index < -0.39 is 5.91 Å². The Bertz CT molecular complexity index is 1120. The lowest BCUT2D eigenvalue weighted by Crippen LogP contribution is -2.14. The van der Waals surface area contributed by atoms with Gasteiger partial charge in [-0.05, 0) is 60.7 Å². The normalized spacial score (nSPS) is 10.6. The summed E-state index contributed by atoms with van der Waals surface area (Å²) in [4.78, 5) is 17.2. The lowest BCUT2D eigenvalue weighted by molar-refractivity contribution is 0.101. The third-order valence-corrected chi connectivity index (χ3v) is 4.51. The molecule has 7 heteroatoms. The molecule has 29 heavy (non-hydrogen) atoms. The average Bonchev–Trinajstić information content (AvgIpc) is 3.22. The summed E-state index contributed by atoms with van der Waals surface area (Å²) in [5.41, 5.74) is 2.23. The summed E-state index contributed by atoms with van der Waals surface area (Å²) in [6.45, 7) is 0. The van der Waals surface area contributed by atoms with Crippen molar-refractivity contribution in [3.05, 3.63) is 89.7 Å². The first-order valence-electron chi connectivity index (χ1n) is 8.88. The number of methoxy groups -OCH3 is 1. The number of aromatic nitrogens is 3. The van der Waals surface area contributed by atoms with E-state index in [9.17, 15) is 4.79 Å². The Hall–Kier alpha value is -3.64. The van der Waals surface area contributed by atoms with E-state index in [1.807, 2.05) is 54.6 Å². The number of nitrogens with zero attached hydrogens (tertiary/aromatic N) is 3. The van der Waals surface area contributed by atoms with Crippen LogP contribution in [-0.2, 0) is 0 Å². The molecule has 0 unspecified atom stereocenters. The lowest BCUT2D eigenvalue weighted by atomic mass is 10.2. The van der Waals surface area contributed by atoms with E-state index in [1.54, 1.807) is 36.1 Å². The molecule has 0 fully saturated rings. The molecule has 1 amide bonds. The molecule has 0 bridgehead atoms. The average molecular weight is 405 g/mol. The molecule has 0 radical (unpaired) electrons. The van der Waals surface area contributed by atoms with Gasteiger partial charge in [0, 0.05) is 16.3 Å². The van der Waals surface area contributed by atoms with Crippen molar-refractivity contribution >= 4 is 23.2 Å². The Labute approximate surface area is 172 Å². The molecule has 1 N–H and O–H groups in total. The smallest absolute Gasteiger partial charge is 0.295 e. The van der Waals surface area contributed by atoms with Crippen LogP contribution in [0.1, 0.15) is 10.6 Å². The highest BCUT2D eigenvalue weighted by molar-refractivity contribution is 6.30. The molecular weight excluding hydrogens is 388 g/mol. The monoisotopic (exact) mass is 404 g/mol. The minimum Gasteiger partial charge on any atom is -0.497 e. The van der Waals surface area contributed by atoms with Gasteiger partial charge in [-0.2, -0.15) is 0 Å². The van der Waals surface area contributed by atoms with Crippen LogP contribution in [0.5, 0.6) is 5.75 Å². The topological polar surface area (TPSA) is 69.0 Å². The summed E-state index contributed by atoms with van der Waals surface area (Å²) in [7, 11) is 1.61. The number of carbonyl (C=O) groups is 1. The fourth-order valence-electron chi connectivity index (χ4n) is 2.80. The van der Waals surface area contributed by atoms with E-state index in [1.165, 1.54) is 0 Å². The Morgan fingerprint density at radius 3 is 2.31 bits per heavy atom. The van der Waals surface area contributed by atoms with Gasteiger partial charge in [0.1, 0.15) is 5.75 Å². The van der Waals surface area contributed by atoms with E-state index in [0.29, 0.717) is 16.5 Å². The highest BCUT2D eigenvalue weighted by Crippen LogP contribution is 2.24. The highest BCUT2D eigenvalue weighted by atomic mass is 35.5. The quantitative estimate of drug-likeness (QED) is 0.516. The van der Waals surface area contributed by atoms with Gasteiger partial charge in [-0.1, -0.05) is 29.8 Å². The zero-order chi connectivity index (χ0) is 20.2. The van der Waals surface area contributed by atoms with Crippen molar-refractivity contribution in [3.63, 3.8) is 0 Å². The Balaban J connectivity index is 1.72. The number of amides is 1. The van der Waals surface area contributed by atoms with Crippen LogP contribution in [0, 0.1) is 0 Å². The number of hydrogen-bond acceptors (Lipinski definition) is 4. The summed E-state index contributed by atoms with van der Waals surface area (Å²) in [6, 6.07) is 23.8. The molecule has 6 nitrogen and oxygen atoms in total. The molecule has 144 valence electrons. The van der Waals surface area contributed by atoms with Crippen molar-refractivity contribution in [1.29, 1.82) is 0 Å². The summed E-state index contributed by atoms with van der Waals surface area (Å²) in [6.07, 6.45) is 0. The number of carbonyl (C=O) groups excluding carboxylic acids is 1. The van der Waals surface area contributed by atoms with Gasteiger partial charge in [0.25, 0.3) is 5.91 Å². The minimum absolute atomic E-state index is 0.0645. The Morgan fingerprint density at radius 1 is 0.966 bits per heavy atom. The highest BCUT2D eigenvalue weighted by Gasteiger charge is 2.19. The van der Waals surface area contributed by atoms with Gasteiger partial charge in [-0.15, -0.1) is 5.10 Å². The van der Waals surface area contributed by atoms with Crippen LogP contribution in [-0.4, -0.2) is 27.8 Å². The summed E-state index contributed by atoms with van der Waals surface area (Å²) >= 11 is 5.90. The van der Waals surface area contributed by atoms with E-state index in [2.05, 4.69) is 15.4 Å². The van der Waals surface area contributed by atoms with E-state index >= 15 is 0 Å². The third kappa shape index (κ3) is 4.12. The zero-order valence-corrected chi connectivity index (χ0v) is 16.3. The number of rotatable bonds is 5. The summed E-state index contributed by atoms with van der Waals surface area (Å²) in [5.74, 6) is 0.951. The van der Waals surface area contributed by atoms with Crippen molar-refractivity contribution in [2.24, 2.45) is 0 Å². The first-order chi connectivity index (χ1) is 14.1. The standard InChI is InChI=1S/C22H17ClN4O2/c1-29-19-13-7-15(8-14-19)21-25-20(26-27(21)18-5-3-2-4-6-18)22(28)24-17-11-9-16(23)10-12-17/h2-14H,1H3,(H,24,28). The fraction of sp³-hybridized carbons (Fsp3) is 0.0455. The Kier molecular flexibility index (Phi) is 5.27. The molecule has 0 aliphatic carbocycles. The predicted molar refractivity (Wildman–Crippen MR) is 113 cm³/mol. The van der Waals surface area contributed by atoms with Gasteiger partial charge in [-0.25, -0.2) is 9.67 Å². The van der Waals surface area contributed by atoms with Crippen molar-refractivity contribution in [1.82, 2.24) is 14.8 Å². The molecule has 4 rings (SSSR count). The van der Waals surface area contributed by atoms with Crippen LogP contribution in [0.3, 0.4) is 0 Å². The first kappa shape index (κ1) is 18.7. The second kappa shape index (κ2) is 8.16. The van der Waals surface area contributed by atoms with Crippen LogP contribution < -0.4 is 10.1 Å². The van der Waals surface area contributed by atoms with Gasteiger partial charge >= 0.3 is 0 Å². The van der Waals surface area contributed by atoms with Gasteiger partial charge < -0.3 is 10.1 Å². The van der Waals surface area contributed by atoms with Crippen molar-refractivity contribution in [2.75, 3.05) is 12.4 Å². The number of anilines is 1. The second-order valence-electron chi connectivity index (χ2n) is 6.20. The molecule has 0 aliphatic heterocycles. The summed E-state index contributed by atoms with van der Waals surface area (Å²) in [5, 5.41) is 7.83. The molecule has 1 aromatic heterocycles. The van der Waals surface area contributed by atoms with Crippen LogP contribution in [0.25, 0.3) is 17.1 Å². The van der Waals surface area contributed by atoms with E-state index in [4.69, 9.17) is 16.3 Å². The van der Waals surface area contributed by atoms with Crippen molar-refractivity contribution < 1.29 is 9.53 Å². The van der Waals surface area contributed by atoms with Crippen LogP contribution in [0.4, 0.5) is 5.69 Å². The van der Waals surface area contributed by atoms with E-state index in [0.717, 1.165) is 17.0 Å². The first-order valence-corrected chi connectivity index (χ1v) is 9.25. The second-order valence-corrected chi connectivity index (χ2v) is 6.63.